The third-order valence-corrected chi connectivity index (χ3v) is 4.89. The summed E-state index contributed by atoms with van der Waals surface area (Å²) in [6, 6.07) is 6.57. The van der Waals surface area contributed by atoms with Crippen LogP contribution in [0, 0.1) is 0 Å². The average molecular weight is 401 g/mol. The summed E-state index contributed by atoms with van der Waals surface area (Å²) < 4.78 is 16.9. The van der Waals surface area contributed by atoms with Crippen LogP contribution in [0.4, 0.5) is 0 Å². The lowest BCUT2D eigenvalue weighted by atomic mass is 10.1. The van der Waals surface area contributed by atoms with Gasteiger partial charge in [-0.2, -0.15) is 9.61 Å². The van der Waals surface area contributed by atoms with E-state index in [1.54, 1.807) is 38.5 Å². The number of ether oxygens (including phenoxy) is 3. The molecule has 28 heavy (non-hydrogen) atoms. The second-order valence-corrected chi connectivity index (χ2v) is 6.72. The van der Waals surface area contributed by atoms with Crippen LogP contribution in [0.2, 0.25) is 0 Å². The summed E-state index contributed by atoms with van der Waals surface area (Å²) in [6.07, 6.45) is 3.58. The quantitative estimate of drug-likeness (QED) is 0.444. The van der Waals surface area contributed by atoms with E-state index in [0.29, 0.717) is 27.7 Å². The van der Waals surface area contributed by atoms with Gasteiger partial charge in [-0.25, -0.2) is 9.78 Å². The SMILES string of the molecule is CCc1nn2c(=O)cc(COC(=O)/C=C/c3cc(OC)ccc3OC)nc2s1. The molecule has 0 saturated heterocycles. The van der Waals surface area contributed by atoms with Gasteiger partial charge >= 0.3 is 5.97 Å². The van der Waals surface area contributed by atoms with Crippen molar-refractivity contribution in [3.63, 3.8) is 0 Å². The third kappa shape index (κ3) is 4.37. The molecule has 0 N–H and O–H groups in total. The van der Waals surface area contributed by atoms with E-state index in [0.717, 1.165) is 11.4 Å². The van der Waals surface area contributed by atoms with Crippen LogP contribution < -0.4 is 15.0 Å². The molecule has 9 heteroatoms. The van der Waals surface area contributed by atoms with E-state index in [2.05, 4.69) is 10.1 Å². The van der Waals surface area contributed by atoms with Crippen molar-refractivity contribution < 1.29 is 19.0 Å². The van der Waals surface area contributed by atoms with Crippen molar-refractivity contribution in [1.29, 1.82) is 0 Å². The molecule has 0 aliphatic heterocycles. The van der Waals surface area contributed by atoms with Crippen molar-refractivity contribution in [1.82, 2.24) is 14.6 Å². The van der Waals surface area contributed by atoms with Crippen LogP contribution in [0.15, 0.2) is 35.1 Å². The summed E-state index contributed by atoms with van der Waals surface area (Å²) in [6.45, 7) is 1.85. The number of benzene rings is 1. The Hall–Kier alpha value is -3.20. The number of nitrogens with zero attached hydrogens (tertiary/aromatic N) is 3. The number of rotatable bonds is 7. The fourth-order valence-electron chi connectivity index (χ4n) is 2.43. The molecule has 0 radical (unpaired) electrons. The molecule has 0 amide bonds. The smallest absolute Gasteiger partial charge is 0.331 e. The van der Waals surface area contributed by atoms with Gasteiger partial charge in [0.1, 0.15) is 23.1 Å². The number of aryl methyl sites for hydroxylation is 1. The van der Waals surface area contributed by atoms with E-state index in [-0.39, 0.29) is 12.2 Å². The Labute approximate surface area is 165 Å². The minimum Gasteiger partial charge on any atom is -0.497 e. The lowest BCUT2D eigenvalue weighted by Crippen LogP contribution is -2.16. The van der Waals surface area contributed by atoms with Gasteiger partial charge in [0.2, 0.25) is 4.96 Å². The van der Waals surface area contributed by atoms with Crippen LogP contribution in [0.3, 0.4) is 0 Å². The highest BCUT2D eigenvalue weighted by Gasteiger charge is 2.09. The Morgan fingerprint density at radius 2 is 2.07 bits per heavy atom. The molecule has 0 unspecified atom stereocenters. The number of carbonyl (C=O) groups excluding carboxylic acids is 1. The molecule has 2 aromatic heterocycles. The molecular formula is C19H19N3O5S. The first kappa shape index (κ1) is 19.6. The monoisotopic (exact) mass is 401 g/mol. The summed E-state index contributed by atoms with van der Waals surface area (Å²) in [4.78, 5) is 28.9. The first-order valence-corrected chi connectivity index (χ1v) is 9.31. The van der Waals surface area contributed by atoms with Crippen molar-refractivity contribution in [2.45, 2.75) is 20.0 Å². The Bertz CT molecular complexity index is 1090. The summed E-state index contributed by atoms with van der Waals surface area (Å²) in [5.74, 6) is 0.676. The van der Waals surface area contributed by atoms with Crippen molar-refractivity contribution in [2.75, 3.05) is 14.2 Å². The minimum absolute atomic E-state index is 0.108. The maximum Gasteiger partial charge on any atom is 0.331 e. The molecule has 0 aliphatic carbocycles. The molecule has 1 aromatic carbocycles. The number of methoxy groups -OCH3 is 2. The van der Waals surface area contributed by atoms with Gasteiger partial charge in [-0.3, -0.25) is 4.79 Å². The molecule has 146 valence electrons. The highest BCUT2D eigenvalue weighted by atomic mass is 32.1. The predicted octanol–water partition coefficient (Wildman–Crippen LogP) is 2.49. The molecule has 2 heterocycles. The normalized spacial score (nSPS) is 11.1. The Morgan fingerprint density at radius 1 is 1.25 bits per heavy atom. The van der Waals surface area contributed by atoms with Crippen LogP contribution in [0.5, 0.6) is 11.5 Å². The van der Waals surface area contributed by atoms with Crippen LogP contribution in [-0.2, 0) is 22.6 Å². The lowest BCUT2D eigenvalue weighted by molar-refractivity contribution is -0.139. The Morgan fingerprint density at radius 3 is 2.79 bits per heavy atom. The minimum atomic E-state index is -0.564. The number of aromatic nitrogens is 3. The molecule has 8 nitrogen and oxygen atoms in total. The average Bonchev–Trinajstić information content (AvgIpc) is 3.14. The van der Waals surface area contributed by atoms with Crippen molar-refractivity contribution in [2.24, 2.45) is 0 Å². The Balaban J connectivity index is 1.70. The fourth-order valence-corrected chi connectivity index (χ4v) is 3.29. The lowest BCUT2D eigenvalue weighted by Gasteiger charge is -2.07. The predicted molar refractivity (Wildman–Crippen MR) is 105 cm³/mol. The van der Waals surface area contributed by atoms with Crippen LogP contribution >= 0.6 is 11.3 Å². The number of hydrogen-bond donors (Lipinski definition) is 0. The molecule has 0 bridgehead atoms. The highest BCUT2D eigenvalue weighted by molar-refractivity contribution is 7.16. The van der Waals surface area contributed by atoms with Crippen LogP contribution in [0.1, 0.15) is 23.2 Å². The maximum absolute atomic E-state index is 12.1. The molecule has 3 rings (SSSR count). The van der Waals surface area contributed by atoms with Gasteiger partial charge in [0.15, 0.2) is 0 Å². The van der Waals surface area contributed by atoms with E-state index in [4.69, 9.17) is 14.2 Å². The number of esters is 1. The molecule has 3 aromatic rings. The van der Waals surface area contributed by atoms with Gasteiger partial charge in [0.25, 0.3) is 5.56 Å². The van der Waals surface area contributed by atoms with Crippen molar-refractivity contribution >= 4 is 28.3 Å². The third-order valence-electron chi connectivity index (χ3n) is 3.84. The standard InChI is InChI=1S/C19H19N3O5S/c1-4-16-21-22-17(23)10-13(20-19(22)28-16)11-27-18(24)8-5-12-9-14(25-2)6-7-15(12)26-3/h5-10H,4,11H2,1-3H3/b8-5+. The summed E-state index contributed by atoms with van der Waals surface area (Å²) in [7, 11) is 3.10. The fraction of sp³-hybridized carbons (Fsp3) is 0.263. The second-order valence-electron chi connectivity index (χ2n) is 5.68. The van der Waals surface area contributed by atoms with Gasteiger partial charge in [0, 0.05) is 17.7 Å². The highest BCUT2D eigenvalue weighted by Crippen LogP contribution is 2.25. The zero-order valence-electron chi connectivity index (χ0n) is 15.7. The van der Waals surface area contributed by atoms with Gasteiger partial charge < -0.3 is 14.2 Å². The first-order valence-electron chi connectivity index (χ1n) is 8.49. The maximum atomic E-state index is 12.1. The first-order chi connectivity index (χ1) is 13.5. The van der Waals surface area contributed by atoms with E-state index >= 15 is 0 Å². The topological polar surface area (TPSA) is 92.0 Å². The number of fused-ring (bicyclic) bond motifs is 1. The molecule has 0 fully saturated rings. The summed E-state index contributed by atoms with van der Waals surface area (Å²) in [5, 5.41) is 4.99. The van der Waals surface area contributed by atoms with Gasteiger partial charge in [-0.05, 0) is 30.7 Å². The van der Waals surface area contributed by atoms with E-state index in [9.17, 15) is 9.59 Å². The summed E-state index contributed by atoms with van der Waals surface area (Å²) >= 11 is 1.34. The second kappa shape index (κ2) is 8.66. The zero-order chi connectivity index (χ0) is 20.1. The largest absolute Gasteiger partial charge is 0.497 e. The Kier molecular flexibility index (Phi) is 6.05. The van der Waals surface area contributed by atoms with Crippen LogP contribution in [0.25, 0.3) is 11.0 Å². The van der Waals surface area contributed by atoms with E-state index in [1.165, 1.54) is 28.0 Å². The number of carbonyl (C=O) groups is 1. The van der Waals surface area contributed by atoms with Gasteiger partial charge in [0.05, 0.1) is 19.9 Å². The van der Waals surface area contributed by atoms with Crippen LogP contribution in [-0.4, -0.2) is 34.8 Å². The molecular weight excluding hydrogens is 382 g/mol. The molecule has 0 aliphatic rings. The zero-order valence-corrected chi connectivity index (χ0v) is 16.5. The molecule has 0 atom stereocenters. The van der Waals surface area contributed by atoms with Crippen molar-refractivity contribution in [3.8, 4) is 11.5 Å². The molecule has 0 spiro atoms. The van der Waals surface area contributed by atoms with Crippen molar-refractivity contribution in [3.05, 3.63) is 57.0 Å². The van der Waals surface area contributed by atoms with Gasteiger partial charge in [-0.1, -0.05) is 18.3 Å². The van der Waals surface area contributed by atoms with E-state index < -0.39 is 5.97 Å². The van der Waals surface area contributed by atoms with E-state index in [1.807, 2.05) is 6.92 Å². The number of hydrogen-bond acceptors (Lipinski definition) is 8. The summed E-state index contributed by atoms with van der Waals surface area (Å²) in [5.41, 5.74) is 0.744. The molecule has 0 saturated carbocycles. The van der Waals surface area contributed by atoms with Gasteiger partial charge in [-0.15, -0.1) is 0 Å².